The summed E-state index contributed by atoms with van der Waals surface area (Å²) in [6.07, 6.45) is 4.61. The van der Waals surface area contributed by atoms with Crippen LogP contribution in [0.2, 0.25) is 0 Å². The molecule has 1 aliphatic heterocycles. The standard InChI is InChI=1S/C20H19N3O4S/c1-28(24,25)23-17-4-2-3-15(8-17)16-9-18(12-21-11-16)22-10-14-5-6-19-20(7-14)27-13-26-19/h2-9,11-12,22-23H,10,13H2,1H3. The van der Waals surface area contributed by atoms with Crippen LogP contribution in [0.3, 0.4) is 0 Å². The van der Waals surface area contributed by atoms with E-state index in [4.69, 9.17) is 9.47 Å². The summed E-state index contributed by atoms with van der Waals surface area (Å²) in [5.41, 5.74) is 4.19. The molecular weight excluding hydrogens is 378 g/mol. The Labute approximate surface area is 163 Å². The molecule has 4 rings (SSSR count). The zero-order valence-corrected chi connectivity index (χ0v) is 16.0. The van der Waals surface area contributed by atoms with Crippen molar-refractivity contribution < 1.29 is 17.9 Å². The van der Waals surface area contributed by atoms with Gasteiger partial charge >= 0.3 is 0 Å². The summed E-state index contributed by atoms with van der Waals surface area (Å²) < 4.78 is 36.1. The topological polar surface area (TPSA) is 89.6 Å². The third-order valence-electron chi connectivity index (χ3n) is 4.17. The summed E-state index contributed by atoms with van der Waals surface area (Å²) in [5.74, 6) is 1.51. The molecule has 1 aliphatic rings. The molecule has 2 heterocycles. The van der Waals surface area contributed by atoms with Crippen LogP contribution in [0, 0.1) is 0 Å². The molecule has 144 valence electrons. The van der Waals surface area contributed by atoms with Crippen LogP contribution >= 0.6 is 0 Å². The van der Waals surface area contributed by atoms with E-state index in [-0.39, 0.29) is 6.79 Å². The highest BCUT2D eigenvalue weighted by Gasteiger charge is 2.13. The number of sulfonamides is 1. The fourth-order valence-electron chi connectivity index (χ4n) is 2.93. The number of ether oxygens (including phenoxy) is 2. The van der Waals surface area contributed by atoms with Crippen molar-refractivity contribution in [2.24, 2.45) is 0 Å². The molecule has 0 saturated carbocycles. The van der Waals surface area contributed by atoms with Crippen LogP contribution in [0.1, 0.15) is 5.56 Å². The van der Waals surface area contributed by atoms with Crippen molar-refractivity contribution in [2.45, 2.75) is 6.54 Å². The number of nitrogens with zero attached hydrogens (tertiary/aromatic N) is 1. The number of benzene rings is 2. The van der Waals surface area contributed by atoms with Gasteiger partial charge in [0.2, 0.25) is 16.8 Å². The highest BCUT2D eigenvalue weighted by atomic mass is 32.2. The van der Waals surface area contributed by atoms with Gasteiger partial charge in [-0.2, -0.15) is 0 Å². The quantitative estimate of drug-likeness (QED) is 0.662. The molecular formula is C20H19N3O4S. The van der Waals surface area contributed by atoms with Gasteiger partial charge in [-0.05, 0) is 41.5 Å². The smallest absolute Gasteiger partial charge is 0.231 e. The maximum atomic E-state index is 11.4. The van der Waals surface area contributed by atoms with Crippen molar-refractivity contribution in [1.29, 1.82) is 0 Å². The maximum Gasteiger partial charge on any atom is 0.231 e. The molecule has 0 atom stereocenters. The van der Waals surface area contributed by atoms with Gasteiger partial charge in [-0.15, -0.1) is 0 Å². The fraction of sp³-hybridized carbons (Fsp3) is 0.150. The molecule has 0 saturated heterocycles. The molecule has 0 amide bonds. The summed E-state index contributed by atoms with van der Waals surface area (Å²) >= 11 is 0. The van der Waals surface area contributed by atoms with E-state index in [1.165, 1.54) is 0 Å². The van der Waals surface area contributed by atoms with E-state index in [0.29, 0.717) is 12.2 Å². The normalized spacial score (nSPS) is 12.6. The first-order valence-corrected chi connectivity index (χ1v) is 10.5. The predicted octanol–water partition coefficient (Wildman–Crippen LogP) is 3.46. The van der Waals surface area contributed by atoms with Crippen LogP contribution in [-0.4, -0.2) is 26.5 Å². The first kappa shape index (κ1) is 18.1. The average Bonchev–Trinajstić information content (AvgIpc) is 3.13. The van der Waals surface area contributed by atoms with Crippen molar-refractivity contribution in [3.05, 3.63) is 66.5 Å². The van der Waals surface area contributed by atoms with Crippen molar-refractivity contribution in [1.82, 2.24) is 4.98 Å². The predicted molar refractivity (Wildman–Crippen MR) is 108 cm³/mol. The lowest BCUT2D eigenvalue weighted by molar-refractivity contribution is 0.174. The molecule has 2 N–H and O–H groups in total. The lowest BCUT2D eigenvalue weighted by Crippen LogP contribution is -2.09. The molecule has 0 radical (unpaired) electrons. The average molecular weight is 397 g/mol. The molecule has 0 fully saturated rings. The van der Waals surface area contributed by atoms with Gasteiger partial charge in [-0.3, -0.25) is 9.71 Å². The number of anilines is 2. The molecule has 0 aliphatic carbocycles. The van der Waals surface area contributed by atoms with Gasteiger partial charge in [0.1, 0.15) is 0 Å². The van der Waals surface area contributed by atoms with Crippen LogP contribution in [0.25, 0.3) is 11.1 Å². The van der Waals surface area contributed by atoms with Crippen LogP contribution in [0.4, 0.5) is 11.4 Å². The highest BCUT2D eigenvalue weighted by Crippen LogP contribution is 2.32. The molecule has 3 aromatic rings. The minimum Gasteiger partial charge on any atom is -0.454 e. The van der Waals surface area contributed by atoms with Crippen LogP contribution < -0.4 is 19.5 Å². The second-order valence-electron chi connectivity index (χ2n) is 6.46. The first-order chi connectivity index (χ1) is 13.5. The fourth-order valence-corrected chi connectivity index (χ4v) is 3.48. The van der Waals surface area contributed by atoms with Gasteiger partial charge in [0.25, 0.3) is 0 Å². The molecule has 1 aromatic heterocycles. The monoisotopic (exact) mass is 397 g/mol. The van der Waals surface area contributed by atoms with Gasteiger partial charge in [0, 0.05) is 30.2 Å². The lowest BCUT2D eigenvalue weighted by Gasteiger charge is -2.10. The second-order valence-corrected chi connectivity index (χ2v) is 8.21. The molecule has 8 heteroatoms. The summed E-state index contributed by atoms with van der Waals surface area (Å²) in [4.78, 5) is 4.29. The number of hydrogen-bond acceptors (Lipinski definition) is 6. The van der Waals surface area contributed by atoms with E-state index in [1.807, 2.05) is 30.3 Å². The Morgan fingerprint density at radius 2 is 1.79 bits per heavy atom. The number of rotatable bonds is 6. The van der Waals surface area contributed by atoms with Crippen LogP contribution in [0.15, 0.2) is 60.9 Å². The molecule has 0 unspecified atom stereocenters. The zero-order valence-electron chi connectivity index (χ0n) is 15.2. The van der Waals surface area contributed by atoms with Crippen molar-refractivity contribution in [3.8, 4) is 22.6 Å². The van der Waals surface area contributed by atoms with Crippen LogP contribution in [0.5, 0.6) is 11.5 Å². The lowest BCUT2D eigenvalue weighted by atomic mass is 10.1. The number of aromatic nitrogens is 1. The van der Waals surface area contributed by atoms with Gasteiger partial charge in [-0.25, -0.2) is 8.42 Å². The van der Waals surface area contributed by atoms with E-state index in [9.17, 15) is 8.42 Å². The molecule has 7 nitrogen and oxygen atoms in total. The number of fused-ring (bicyclic) bond motifs is 1. The minimum absolute atomic E-state index is 0.255. The third-order valence-corrected chi connectivity index (χ3v) is 4.78. The summed E-state index contributed by atoms with van der Waals surface area (Å²) in [7, 11) is -3.33. The Hall–Kier alpha value is -3.26. The van der Waals surface area contributed by atoms with E-state index >= 15 is 0 Å². The SMILES string of the molecule is CS(=O)(=O)Nc1cccc(-c2cncc(NCc3ccc4c(c3)OCO4)c2)c1. The largest absolute Gasteiger partial charge is 0.454 e. The summed E-state index contributed by atoms with van der Waals surface area (Å²) in [6, 6.07) is 15.0. The van der Waals surface area contributed by atoms with E-state index in [0.717, 1.165) is 40.1 Å². The Morgan fingerprint density at radius 1 is 0.964 bits per heavy atom. The second kappa shape index (κ2) is 7.40. The third kappa shape index (κ3) is 4.34. The van der Waals surface area contributed by atoms with E-state index in [2.05, 4.69) is 15.0 Å². The van der Waals surface area contributed by atoms with Gasteiger partial charge in [0.15, 0.2) is 11.5 Å². The number of pyridine rings is 1. The Bertz CT molecular complexity index is 1120. The first-order valence-electron chi connectivity index (χ1n) is 8.62. The van der Waals surface area contributed by atoms with Crippen molar-refractivity contribution in [3.63, 3.8) is 0 Å². The van der Waals surface area contributed by atoms with Crippen molar-refractivity contribution in [2.75, 3.05) is 23.1 Å². The Morgan fingerprint density at radius 3 is 2.64 bits per heavy atom. The Balaban J connectivity index is 1.49. The zero-order chi connectivity index (χ0) is 19.6. The summed E-state index contributed by atoms with van der Waals surface area (Å²) in [6.45, 7) is 0.864. The number of nitrogens with one attached hydrogen (secondary N) is 2. The highest BCUT2D eigenvalue weighted by molar-refractivity contribution is 7.92. The molecule has 0 bridgehead atoms. The maximum absolute atomic E-state index is 11.4. The van der Waals surface area contributed by atoms with Crippen molar-refractivity contribution >= 4 is 21.4 Å². The summed E-state index contributed by atoms with van der Waals surface area (Å²) in [5, 5.41) is 3.34. The van der Waals surface area contributed by atoms with E-state index in [1.54, 1.807) is 30.6 Å². The van der Waals surface area contributed by atoms with E-state index < -0.39 is 10.0 Å². The van der Waals surface area contributed by atoms with Gasteiger partial charge < -0.3 is 14.8 Å². The molecule has 2 aromatic carbocycles. The molecule has 0 spiro atoms. The Kier molecular flexibility index (Phi) is 4.79. The number of hydrogen-bond donors (Lipinski definition) is 2. The van der Waals surface area contributed by atoms with Crippen LogP contribution in [-0.2, 0) is 16.6 Å². The minimum atomic E-state index is -3.33. The van der Waals surface area contributed by atoms with Gasteiger partial charge in [0.05, 0.1) is 11.9 Å². The molecule has 28 heavy (non-hydrogen) atoms. The van der Waals surface area contributed by atoms with Gasteiger partial charge in [-0.1, -0.05) is 18.2 Å².